The molecule has 3 nitrogen and oxygen atoms in total. The Labute approximate surface area is 129 Å². The van der Waals surface area contributed by atoms with Gasteiger partial charge in [0.1, 0.15) is 0 Å². The number of piperazine rings is 1. The molecule has 0 radical (unpaired) electrons. The third-order valence-corrected chi connectivity index (χ3v) is 5.79. The van der Waals surface area contributed by atoms with E-state index in [0.29, 0.717) is 0 Å². The quantitative estimate of drug-likeness (QED) is 0.927. The molecule has 1 saturated heterocycles. The summed E-state index contributed by atoms with van der Waals surface area (Å²) in [7, 11) is 0. The van der Waals surface area contributed by atoms with Crippen molar-refractivity contribution in [1.82, 2.24) is 4.90 Å². The number of anilines is 1. The standard InChI is InChI=1S/C18H29N3/c1-15-5-3-7-17(13-15)20-9-11-21(12-10-20)18(14-19)8-4-6-16(18)2/h3,5,7,13,16H,4,6,8-12,14,19H2,1-2H3. The summed E-state index contributed by atoms with van der Waals surface area (Å²) in [6, 6.07) is 8.87. The number of hydrogen-bond donors (Lipinski definition) is 1. The topological polar surface area (TPSA) is 32.5 Å². The molecule has 1 aliphatic carbocycles. The van der Waals surface area contributed by atoms with Crippen LogP contribution in [0.25, 0.3) is 0 Å². The highest BCUT2D eigenvalue weighted by molar-refractivity contribution is 5.48. The van der Waals surface area contributed by atoms with Crippen molar-refractivity contribution in [2.45, 2.75) is 38.6 Å². The van der Waals surface area contributed by atoms with Crippen molar-refractivity contribution >= 4 is 5.69 Å². The van der Waals surface area contributed by atoms with Gasteiger partial charge in [-0.05, 0) is 43.4 Å². The summed E-state index contributed by atoms with van der Waals surface area (Å²) in [5, 5.41) is 0. The van der Waals surface area contributed by atoms with Gasteiger partial charge in [0.2, 0.25) is 0 Å². The minimum atomic E-state index is 0.276. The maximum Gasteiger partial charge on any atom is 0.0369 e. The molecular weight excluding hydrogens is 258 g/mol. The third kappa shape index (κ3) is 2.69. The summed E-state index contributed by atoms with van der Waals surface area (Å²) in [5.74, 6) is 0.744. The van der Waals surface area contributed by atoms with Crippen LogP contribution in [0.15, 0.2) is 24.3 Å². The molecule has 1 saturated carbocycles. The van der Waals surface area contributed by atoms with E-state index in [9.17, 15) is 0 Å². The summed E-state index contributed by atoms with van der Waals surface area (Å²) in [5.41, 5.74) is 9.19. The van der Waals surface area contributed by atoms with Crippen LogP contribution in [0.3, 0.4) is 0 Å². The van der Waals surface area contributed by atoms with Gasteiger partial charge >= 0.3 is 0 Å². The van der Waals surface area contributed by atoms with Gasteiger partial charge in [-0.2, -0.15) is 0 Å². The zero-order chi connectivity index (χ0) is 14.9. The predicted octanol–water partition coefficient (Wildman–Crippen LogP) is 2.63. The Hall–Kier alpha value is -1.06. The highest BCUT2D eigenvalue weighted by atomic mass is 15.3. The molecule has 21 heavy (non-hydrogen) atoms. The summed E-state index contributed by atoms with van der Waals surface area (Å²) in [4.78, 5) is 5.21. The predicted molar refractivity (Wildman–Crippen MR) is 89.8 cm³/mol. The molecule has 2 N–H and O–H groups in total. The molecule has 0 spiro atoms. The van der Waals surface area contributed by atoms with Crippen LogP contribution in [0.4, 0.5) is 5.69 Å². The van der Waals surface area contributed by atoms with E-state index < -0.39 is 0 Å². The van der Waals surface area contributed by atoms with Crippen LogP contribution in [0.2, 0.25) is 0 Å². The van der Waals surface area contributed by atoms with Gasteiger partial charge in [0, 0.05) is 44.0 Å². The van der Waals surface area contributed by atoms with Crippen LogP contribution >= 0.6 is 0 Å². The van der Waals surface area contributed by atoms with Gasteiger partial charge in [0.25, 0.3) is 0 Å². The molecule has 3 rings (SSSR count). The van der Waals surface area contributed by atoms with Crippen molar-refractivity contribution < 1.29 is 0 Å². The molecule has 0 aromatic heterocycles. The molecule has 0 bridgehead atoms. The number of nitrogens with two attached hydrogens (primary N) is 1. The smallest absolute Gasteiger partial charge is 0.0369 e. The van der Waals surface area contributed by atoms with Gasteiger partial charge in [0.15, 0.2) is 0 Å². The maximum absolute atomic E-state index is 6.20. The lowest BCUT2D eigenvalue weighted by atomic mass is 9.85. The first-order valence-electron chi connectivity index (χ1n) is 8.42. The monoisotopic (exact) mass is 287 g/mol. The third-order valence-electron chi connectivity index (χ3n) is 5.79. The second-order valence-electron chi connectivity index (χ2n) is 6.91. The van der Waals surface area contributed by atoms with E-state index in [2.05, 4.69) is 47.9 Å². The van der Waals surface area contributed by atoms with Gasteiger partial charge in [-0.1, -0.05) is 25.5 Å². The lowest BCUT2D eigenvalue weighted by Gasteiger charge is -2.48. The van der Waals surface area contributed by atoms with Gasteiger partial charge in [-0.25, -0.2) is 0 Å². The first-order valence-corrected chi connectivity index (χ1v) is 8.42. The minimum Gasteiger partial charge on any atom is -0.369 e. The Balaban J connectivity index is 1.67. The summed E-state index contributed by atoms with van der Waals surface area (Å²) < 4.78 is 0. The number of rotatable bonds is 3. The molecule has 1 heterocycles. The number of benzene rings is 1. The highest BCUT2D eigenvalue weighted by Gasteiger charge is 2.44. The Morgan fingerprint density at radius 2 is 2.00 bits per heavy atom. The van der Waals surface area contributed by atoms with E-state index in [1.165, 1.54) is 30.5 Å². The first-order chi connectivity index (χ1) is 10.2. The van der Waals surface area contributed by atoms with Crippen LogP contribution in [-0.4, -0.2) is 43.2 Å². The van der Waals surface area contributed by atoms with E-state index >= 15 is 0 Å². The number of nitrogens with zero attached hydrogens (tertiary/aromatic N) is 2. The SMILES string of the molecule is Cc1cccc(N2CCN(C3(CN)CCCC3C)CC2)c1. The van der Waals surface area contributed by atoms with Crippen LogP contribution in [0, 0.1) is 12.8 Å². The number of aryl methyl sites for hydroxylation is 1. The van der Waals surface area contributed by atoms with Gasteiger partial charge in [-0.15, -0.1) is 0 Å². The largest absolute Gasteiger partial charge is 0.369 e. The molecule has 1 aromatic rings. The summed E-state index contributed by atoms with van der Waals surface area (Å²) in [6.45, 7) is 9.93. The minimum absolute atomic E-state index is 0.276. The lowest BCUT2D eigenvalue weighted by molar-refractivity contribution is 0.0582. The van der Waals surface area contributed by atoms with Crippen LogP contribution in [0.5, 0.6) is 0 Å². The van der Waals surface area contributed by atoms with Crippen molar-refractivity contribution in [3.05, 3.63) is 29.8 Å². The van der Waals surface area contributed by atoms with Gasteiger partial charge < -0.3 is 10.6 Å². The lowest BCUT2D eigenvalue weighted by Crippen LogP contribution is -2.61. The molecule has 1 aromatic carbocycles. The zero-order valence-electron chi connectivity index (χ0n) is 13.5. The Kier molecular flexibility index (Phi) is 4.23. The molecule has 2 unspecified atom stereocenters. The van der Waals surface area contributed by atoms with Crippen molar-refractivity contribution in [2.24, 2.45) is 11.7 Å². The van der Waals surface area contributed by atoms with Crippen molar-refractivity contribution in [2.75, 3.05) is 37.6 Å². The van der Waals surface area contributed by atoms with Crippen LogP contribution in [-0.2, 0) is 0 Å². The highest BCUT2D eigenvalue weighted by Crippen LogP contribution is 2.40. The van der Waals surface area contributed by atoms with E-state index in [1.54, 1.807) is 0 Å². The van der Waals surface area contributed by atoms with E-state index in [4.69, 9.17) is 5.73 Å². The van der Waals surface area contributed by atoms with Gasteiger partial charge in [-0.3, -0.25) is 4.90 Å². The average Bonchev–Trinajstić information content (AvgIpc) is 2.89. The molecule has 0 amide bonds. The fourth-order valence-electron chi connectivity index (χ4n) is 4.37. The Morgan fingerprint density at radius 3 is 2.57 bits per heavy atom. The second-order valence-corrected chi connectivity index (χ2v) is 6.91. The van der Waals surface area contributed by atoms with E-state index in [0.717, 1.165) is 38.6 Å². The molecule has 116 valence electrons. The fraction of sp³-hybridized carbons (Fsp3) is 0.667. The van der Waals surface area contributed by atoms with Crippen LogP contribution in [0.1, 0.15) is 31.7 Å². The summed E-state index contributed by atoms with van der Waals surface area (Å²) in [6.07, 6.45) is 3.97. The van der Waals surface area contributed by atoms with E-state index in [1.807, 2.05) is 0 Å². The summed E-state index contributed by atoms with van der Waals surface area (Å²) >= 11 is 0. The average molecular weight is 287 g/mol. The molecule has 2 atom stereocenters. The Morgan fingerprint density at radius 1 is 1.24 bits per heavy atom. The van der Waals surface area contributed by atoms with Gasteiger partial charge in [0.05, 0.1) is 0 Å². The van der Waals surface area contributed by atoms with Crippen molar-refractivity contribution in [1.29, 1.82) is 0 Å². The van der Waals surface area contributed by atoms with Crippen molar-refractivity contribution in [3.8, 4) is 0 Å². The number of hydrogen-bond acceptors (Lipinski definition) is 3. The fourth-order valence-corrected chi connectivity index (χ4v) is 4.37. The zero-order valence-corrected chi connectivity index (χ0v) is 13.5. The molecule has 2 aliphatic rings. The maximum atomic E-state index is 6.20. The first kappa shape index (κ1) is 14.9. The molecule has 3 heteroatoms. The van der Waals surface area contributed by atoms with E-state index in [-0.39, 0.29) is 5.54 Å². The van der Waals surface area contributed by atoms with Crippen molar-refractivity contribution in [3.63, 3.8) is 0 Å². The molecule has 2 fully saturated rings. The molecule has 1 aliphatic heterocycles. The second kappa shape index (κ2) is 5.98. The Bertz CT molecular complexity index is 479. The normalized spacial score (nSPS) is 30.8. The molecular formula is C18H29N3. The van der Waals surface area contributed by atoms with Crippen LogP contribution < -0.4 is 10.6 Å².